The Morgan fingerprint density at radius 2 is 1.42 bits per heavy atom. The zero-order valence-electron chi connectivity index (χ0n) is 24.1. The van der Waals surface area contributed by atoms with Crippen molar-refractivity contribution < 1.29 is 43.2 Å². The molecule has 1 unspecified atom stereocenters. The normalized spacial score (nSPS) is 14.1. The van der Waals surface area contributed by atoms with Crippen molar-refractivity contribution in [1.29, 1.82) is 0 Å². The fourth-order valence-electron chi connectivity index (χ4n) is 3.38. The molecule has 0 saturated heterocycles. The molecule has 0 saturated carbocycles. The van der Waals surface area contributed by atoms with Crippen molar-refractivity contribution in [1.82, 2.24) is 5.32 Å². The molecule has 0 radical (unpaired) electrons. The van der Waals surface area contributed by atoms with E-state index in [1.807, 2.05) is 48.5 Å². The quantitative estimate of drug-likeness (QED) is 0.206. The average molecular weight is 538 g/mol. The molecule has 10 nitrogen and oxygen atoms in total. The number of hydrogen-bond acceptors (Lipinski definition) is 9. The van der Waals surface area contributed by atoms with E-state index in [0.717, 1.165) is 0 Å². The Hall–Kier alpha value is -3.14. The highest BCUT2D eigenvalue weighted by Crippen LogP contribution is 2.33. The maximum absolute atomic E-state index is 12.6. The molecule has 0 bridgehead atoms. The lowest BCUT2D eigenvalue weighted by Crippen LogP contribution is -2.59. The van der Waals surface area contributed by atoms with Crippen LogP contribution in [-0.2, 0) is 30.3 Å². The fraction of sp³-hybridized carbons (Fsp3) is 0.643. The van der Waals surface area contributed by atoms with Crippen LogP contribution in [0.5, 0.6) is 11.5 Å². The lowest BCUT2D eigenvalue weighted by molar-refractivity contribution is -0.167. The van der Waals surface area contributed by atoms with Gasteiger partial charge in [0.15, 0.2) is 11.5 Å². The monoisotopic (exact) mass is 537 g/mol. The molecule has 214 valence electrons. The van der Waals surface area contributed by atoms with E-state index in [1.54, 1.807) is 13.8 Å². The second-order valence-corrected chi connectivity index (χ2v) is 11.8. The van der Waals surface area contributed by atoms with Gasteiger partial charge in [-0.2, -0.15) is 0 Å². The van der Waals surface area contributed by atoms with E-state index in [-0.39, 0.29) is 54.2 Å². The molecule has 0 aliphatic carbocycles. The number of aliphatic carboxylic acids is 1. The van der Waals surface area contributed by atoms with Crippen LogP contribution in [0.1, 0.15) is 87.1 Å². The molecule has 0 amide bonds. The minimum absolute atomic E-state index is 0.000367. The molecule has 0 fully saturated rings. The minimum Gasteiger partial charge on any atom is -0.477 e. The molecule has 1 aromatic rings. The highest BCUT2D eigenvalue weighted by Gasteiger charge is 2.44. The number of benzene rings is 1. The summed E-state index contributed by atoms with van der Waals surface area (Å²) >= 11 is 0. The van der Waals surface area contributed by atoms with Gasteiger partial charge in [-0.3, -0.25) is 14.9 Å². The van der Waals surface area contributed by atoms with Crippen LogP contribution in [0.25, 0.3) is 0 Å². The molecule has 0 aliphatic heterocycles. The smallest absolute Gasteiger partial charge is 0.477 e. The van der Waals surface area contributed by atoms with Crippen LogP contribution in [0.3, 0.4) is 0 Å². The Morgan fingerprint density at radius 1 is 0.895 bits per heavy atom. The van der Waals surface area contributed by atoms with Gasteiger partial charge in [0.2, 0.25) is 0 Å². The van der Waals surface area contributed by atoms with Gasteiger partial charge in [-0.25, -0.2) is 9.59 Å². The maximum atomic E-state index is 12.6. The molecule has 0 heterocycles. The van der Waals surface area contributed by atoms with Crippen molar-refractivity contribution in [3.63, 3.8) is 0 Å². The van der Waals surface area contributed by atoms with Crippen LogP contribution in [0, 0.1) is 10.8 Å². The first-order valence-electron chi connectivity index (χ1n) is 12.8. The summed E-state index contributed by atoms with van der Waals surface area (Å²) in [6, 6.07) is 4.02. The number of carbonyl (C=O) groups excluding carboxylic acids is 3. The highest BCUT2D eigenvalue weighted by atomic mass is 16.7. The Morgan fingerprint density at radius 3 is 1.87 bits per heavy atom. The zero-order valence-corrected chi connectivity index (χ0v) is 24.1. The summed E-state index contributed by atoms with van der Waals surface area (Å²) in [6.45, 7) is 16.5. The third-order valence-corrected chi connectivity index (χ3v) is 5.22. The van der Waals surface area contributed by atoms with Gasteiger partial charge in [-0.1, -0.05) is 54.5 Å². The van der Waals surface area contributed by atoms with Crippen LogP contribution in [0.4, 0.5) is 4.79 Å². The van der Waals surface area contributed by atoms with Gasteiger partial charge in [-0.15, -0.1) is 0 Å². The number of ether oxygens (including phenoxy) is 4. The number of carboxylic acids is 1. The number of carbonyl (C=O) groups is 4. The van der Waals surface area contributed by atoms with Crippen molar-refractivity contribution in [2.75, 3.05) is 6.61 Å². The van der Waals surface area contributed by atoms with Crippen LogP contribution < -0.4 is 14.8 Å². The molecule has 1 aromatic carbocycles. The van der Waals surface area contributed by atoms with Crippen molar-refractivity contribution in [3.05, 3.63) is 23.8 Å². The van der Waals surface area contributed by atoms with Crippen LogP contribution in [-0.4, -0.2) is 47.5 Å². The SMILES string of the molecule is CCOC(=O)O[C@](Cc1ccc(OC(=O)CC(C)(C)C)c(OC(=O)CC(C)(C)C)c1)(NC(C)CC)C(=O)O. The summed E-state index contributed by atoms with van der Waals surface area (Å²) in [4.78, 5) is 49.8. The summed E-state index contributed by atoms with van der Waals surface area (Å²) in [5, 5.41) is 13.0. The fourth-order valence-corrected chi connectivity index (χ4v) is 3.38. The summed E-state index contributed by atoms with van der Waals surface area (Å²) in [6.07, 6.45) is -0.702. The van der Waals surface area contributed by atoms with Gasteiger partial charge < -0.3 is 24.1 Å². The van der Waals surface area contributed by atoms with Gasteiger partial charge in [0.1, 0.15) is 0 Å². The minimum atomic E-state index is -2.17. The molecule has 2 atom stereocenters. The van der Waals surface area contributed by atoms with Crippen LogP contribution in [0.15, 0.2) is 18.2 Å². The van der Waals surface area contributed by atoms with E-state index in [9.17, 15) is 24.3 Å². The molecule has 0 aliphatic rings. The van der Waals surface area contributed by atoms with Gasteiger partial charge in [0.05, 0.1) is 19.4 Å². The lowest BCUT2D eigenvalue weighted by Gasteiger charge is -2.32. The van der Waals surface area contributed by atoms with Gasteiger partial charge >= 0.3 is 24.1 Å². The predicted octanol–water partition coefficient (Wildman–Crippen LogP) is 5.25. The summed E-state index contributed by atoms with van der Waals surface area (Å²) in [5.74, 6) is -2.52. The predicted molar refractivity (Wildman–Crippen MR) is 141 cm³/mol. The Kier molecular flexibility index (Phi) is 11.8. The summed E-state index contributed by atoms with van der Waals surface area (Å²) in [7, 11) is 0. The molecule has 0 spiro atoms. The molecule has 10 heteroatoms. The van der Waals surface area contributed by atoms with E-state index in [2.05, 4.69) is 5.32 Å². The largest absolute Gasteiger partial charge is 0.510 e. The van der Waals surface area contributed by atoms with E-state index >= 15 is 0 Å². The molecule has 0 aromatic heterocycles. The number of nitrogens with one attached hydrogen (secondary N) is 1. The second kappa shape index (κ2) is 13.6. The van der Waals surface area contributed by atoms with Crippen LogP contribution in [0.2, 0.25) is 0 Å². The topological polar surface area (TPSA) is 137 Å². The lowest BCUT2D eigenvalue weighted by atomic mass is 9.92. The third-order valence-electron chi connectivity index (χ3n) is 5.22. The van der Waals surface area contributed by atoms with E-state index in [0.29, 0.717) is 12.0 Å². The second-order valence-electron chi connectivity index (χ2n) is 11.8. The Bertz CT molecular complexity index is 991. The Balaban J connectivity index is 3.48. The number of hydrogen-bond donors (Lipinski definition) is 2. The molecule has 38 heavy (non-hydrogen) atoms. The Labute approximate surface area is 225 Å². The number of carboxylic acid groups (broad SMARTS) is 1. The van der Waals surface area contributed by atoms with E-state index < -0.39 is 29.8 Å². The first-order valence-corrected chi connectivity index (χ1v) is 12.8. The highest BCUT2D eigenvalue weighted by molar-refractivity contribution is 5.81. The number of esters is 2. The average Bonchev–Trinajstić information content (AvgIpc) is 2.72. The van der Waals surface area contributed by atoms with E-state index in [1.165, 1.54) is 18.2 Å². The van der Waals surface area contributed by atoms with Gasteiger partial charge in [0, 0.05) is 12.5 Å². The third kappa shape index (κ3) is 11.5. The maximum Gasteiger partial charge on any atom is 0.510 e. The van der Waals surface area contributed by atoms with Crippen molar-refractivity contribution in [2.24, 2.45) is 10.8 Å². The van der Waals surface area contributed by atoms with Crippen molar-refractivity contribution in [3.8, 4) is 11.5 Å². The first-order chi connectivity index (χ1) is 17.4. The van der Waals surface area contributed by atoms with Gasteiger partial charge in [0.25, 0.3) is 5.72 Å². The van der Waals surface area contributed by atoms with Crippen LogP contribution >= 0.6 is 0 Å². The summed E-state index contributed by atoms with van der Waals surface area (Å²) < 4.78 is 21.2. The molecular formula is C28H43NO9. The summed E-state index contributed by atoms with van der Waals surface area (Å²) in [5.41, 5.74) is -2.50. The molecule has 1 rings (SSSR count). The zero-order chi connectivity index (χ0) is 29.3. The van der Waals surface area contributed by atoms with E-state index in [4.69, 9.17) is 18.9 Å². The standard InChI is InChI=1S/C28H43NO9/c1-10-18(3)29-28(24(32)33,38-25(34)35-11-2)15-19-12-13-20(36-22(30)16-26(4,5)6)21(14-19)37-23(31)17-27(7,8)9/h12-14,18,29H,10-11,15-17H2,1-9H3,(H,32,33)/t18?,28-/m0/s1. The molecular weight excluding hydrogens is 494 g/mol. The van der Waals surface area contributed by atoms with Crippen molar-refractivity contribution >= 4 is 24.1 Å². The molecule has 2 N–H and O–H groups in total. The van der Waals surface area contributed by atoms with Crippen molar-refractivity contribution in [2.45, 2.75) is 99.8 Å². The number of rotatable bonds is 12. The van der Waals surface area contributed by atoms with Gasteiger partial charge in [-0.05, 0) is 48.8 Å². The first kappa shape index (κ1) is 32.9.